The molecule has 0 amide bonds. The zero-order valence-corrected chi connectivity index (χ0v) is 14.7. The Hall–Kier alpha value is -2.86. The fourth-order valence-corrected chi connectivity index (χ4v) is 3.77. The minimum atomic E-state index is 0.301. The van der Waals surface area contributed by atoms with E-state index in [9.17, 15) is 0 Å². The van der Waals surface area contributed by atoms with Crippen LogP contribution in [-0.4, -0.2) is 0 Å². The summed E-state index contributed by atoms with van der Waals surface area (Å²) < 4.78 is 0. The molecule has 0 saturated heterocycles. The Balaban J connectivity index is 1.99. The molecule has 0 aliphatic heterocycles. The first-order valence-electron chi connectivity index (χ1n) is 8.84. The number of rotatable bonds is 2. The highest BCUT2D eigenvalue weighted by Crippen LogP contribution is 2.44. The molecule has 3 aromatic rings. The van der Waals surface area contributed by atoms with Crippen LogP contribution < -0.4 is 0 Å². The highest BCUT2D eigenvalue weighted by Gasteiger charge is 2.27. The summed E-state index contributed by atoms with van der Waals surface area (Å²) in [4.78, 5) is 0. The van der Waals surface area contributed by atoms with E-state index in [4.69, 9.17) is 0 Å². The molecule has 0 heteroatoms. The number of allylic oxidation sites excluding steroid dienone is 3. The molecule has 0 heterocycles. The molecule has 0 spiro atoms. The molecule has 1 aliphatic carbocycles. The topological polar surface area (TPSA) is 0 Å². The maximum absolute atomic E-state index is 2.39. The molecule has 25 heavy (non-hydrogen) atoms. The quantitative estimate of drug-likeness (QED) is 0.498. The van der Waals surface area contributed by atoms with Crippen LogP contribution in [0, 0.1) is 0 Å². The van der Waals surface area contributed by atoms with Crippen molar-refractivity contribution in [3.63, 3.8) is 0 Å². The lowest BCUT2D eigenvalue weighted by atomic mass is 9.73. The van der Waals surface area contributed by atoms with Crippen molar-refractivity contribution in [2.45, 2.75) is 19.8 Å². The van der Waals surface area contributed by atoms with E-state index >= 15 is 0 Å². The third kappa shape index (κ3) is 2.85. The molecule has 1 aliphatic rings. The zero-order valence-electron chi connectivity index (χ0n) is 14.7. The van der Waals surface area contributed by atoms with Crippen LogP contribution in [0.2, 0.25) is 0 Å². The van der Waals surface area contributed by atoms with Crippen molar-refractivity contribution in [2.24, 2.45) is 0 Å². The van der Waals surface area contributed by atoms with Crippen molar-refractivity contribution in [3.8, 4) is 0 Å². The average molecular weight is 322 g/mol. The van der Waals surface area contributed by atoms with Crippen LogP contribution in [0.3, 0.4) is 0 Å². The van der Waals surface area contributed by atoms with E-state index in [0.717, 1.165) is 0 Å². The predicted molar refractivity (Wildman–Crippen MR) is 107 cm³/mol. The smallest absolute Gasteiger partial charge is 0.0345 e. The van der Waals surface area contributed by atoms with Crippen molar-refractivity contribution < 1.29 is 0 Å². The fraction of sp³-hybridized carbons (Fsp3) is 0.120. The van der Waals surface area contributed by atoms with Crippen molar-refractivity contribution in [1.82, 2.24) is 0 Å². The van der Waals surface area contributed by atoms with E-state index in [1.807, 2.05) is 0 Å². The van der Waals surface area contributed by atoms with Crippen LogP contribution in [0.25, 0.3) is 5.57 Å². The monoisotopic (exact) mass is 322 g/mol. The third-order valence-corrected chi connectivity index (χ3v) is 4.97. The van der Waals surface area contributed by atoms with Crippen LogP contribution in [-0.2, 0) is 0 Å². The van der Waals surface area contributed by atoms with Gasteiger partial charge in [-0.2, -0.15) is 0 Å². The summed E-state index contributed by atoms with van der Waals surface area (Å²) in [6.07, 6.45) is 2.39. The molecule has 0 N–H and O–H groups in total. The average Bonchev–Trinajstić information content (AvgIpc) is 2.68. The maximum atomic E-state index is 2.39. The van der Waals surface area contributed by atoms with Crippen molar-refractivity contribution >= 4 is 5.57 Å². The fourth-order valence-electron chi connectivity index (χ4n) is 3.77. The van der Waals surface area contributed by atoms with E-state index in [1.54, 1.807) is 0 Å². The summed E-state index contributed by atoms with van der Waals surface area (Å²) >= 11 is 0. The molecule has 122 valence electrons. The Labute approximate surface area is 150 Å². The first-order valence-corrected chi connectivity index (χ1v) is 8.84. The van der Waals surface area contributed by atoms with Gasteiger partial charge in [0.2, 0.25) is 0 Å². The van der Waals surface area contributed by atoms with Crippen LogP contribution >= 0.6 is 0 Å². The third-order valence-electron chi connectivity index (χ3n) is 4.97. The minimum absolute atomic E-state index is 0.301. The van der Waals surface area contributed by atoms with E-state index in [2.05, 4.69) is 105 Å². The first-order chi connectivity index (χ1) is 12.3. The van der Waals surface area contributed by atoms with E-state index < -0.39 is 0 Å². The lowest BCUT2D eigenvalue weighted by molar-refractivity contribution is 0.939. The Morgan fingerprint density at radius 2 is 1.28 bits per heavy atom. The second-order valence-electron chi connectivity index (χ2n) is 6.81. The maximum Gasteiger partial charge on any atom is 0.0345 e. The zero-order chi connectivity index (χ0) is 17.2. The Kier molecular flexibility index (Phi) is 4.11. The van der Waals surface area contributed by atoms with Gasteiger partial charge in [-0.3, -0.25) is 0 Å². The highest BCUT2D eigenvalue weighted by molar-refractivity contribution is 5.86. The lowest BCUT2D eigenvalue weighted by Crippen LogP contribution is -2.13. The molecule has 4 rings (SSSR count). The van der Waals surface area contributed by atoms with Gasteiger partial charge in [-0.25, -0.2) is 0 Å². The molecule has 1 unspecified atom stereocenters. The van der Waals surface area contributed by atoms with Gasteiger partial charge in [0.1, 0.15) is 0 Å². The van der Waals surface area contributed by atoms with Gasteiger partial charge in [0.15, 0.2) is 0 Å². The van der Waals surface area contributed by atoms with Crippen LogP contribution in [0.1, 0.15) is 42.0 Å². The first kappa shape index (κ1) is 15.7. The van der Waals surface area contributed by atoms with E-state index in [1.165, 1.54) is 39.0 Å². The van der Waals surface area contributed by atoms with Gasteiger partial charge in [0.25, 0.3) is 0 Å². The Morgan fingerprint density at radius 3 is 1.96 bits per heavy atom. The molecular weight excluding hydrogens is 300 g/mol. The molecular formula is C25H22. The molecule has 3 aromatic carbocycles. The van der Waals surface area contributed by atoms with Gasteiger partial charge in [-0.05, 0) is 53.3 Å². The van der Waals surface area contributed by atoms with Crippen LogP contribution in [0.4, 0.5) is 0 Å². The van der Waals surface area contributed by atoms with Crippen LogP contribution in [0.5, 0.6) is 0 Å². The van der Waals surface area contributed by atoms with Gasteiger partial charge in [0, 0.05) is 5.92 Å². The van der Waals surface area contributed by atoms with Crippen molar-refractivity contribution in [1.29, 1.82) is 0 Å². The molecule has 0 fully saturated rings. The van der Waals surface area contributed by atoms with Gasteiger partial charge in [-0.15, -0.1) is 0 Å². The minimum Gasteiger partial charge on any atom is -0.0722 e. The number of benzene rings is 3. The standard InChI is InChI=1S/C25H22/c1-18(2)23-17-24(19-11-5-3-6-12-19)21-15-9-10-16-22(21)25(23)20-13-7-4-8-14-20/h3-17,25H,1-2H3. The van der Waals surface area contributed by atoms with Crippen molar-refractivity contribution in [3.05, 3.63) is 124 Å². The predicted octanol–water partition coefficient (Wildman–Crippen LogP) is 6.60. The van der Waals surface area contributed by atoms with Gasteiger partial charge in [-0.1, -0.05) is 90.5 Å². The highest BCUT2D eigenvalue weighted by atomic mass is 14.3. The van der Waals surface area contributed by atoms with Crippen LogP contribution in [0.15, 0.2) is 102 Å². The lowest BCUT2D eigenvalue weighted by Gasteiger charge is -2.30. The van der Waals surface area contributed by atoms with Gasteiger partial charge >= 0.3 is 0 Å². The summed E-state index contributed by atoms with van der Waals surface area (Å²) in [5, 5.41) is 0. The Morgan fingerprint density at radius 1 is 0.680 bits per heavy atom. The summed E-state index contributed by atoms with van der Waals surface area (Å²) in [6, 6.07) is 30.4. The summed E-state index contributed by atoms with van der Waals surface area (Å²) in [6.45, 7) is 4.44. The molecule has 0 bridgehead atoms. The van der Waals surface area contributed by atoms with E-state index in [-0.39, 0.29) is 0 Å². The molecule has 0 nitrogen and oxygen atoms in total. The second-order valence-corrected chi connectivity index (χ2v) is 6.81. The molecule has 0 saturated carbocycles. The molecule has 0 radical (unpaired) electrons. The van der Waals surface area contributed by atoms with Crippen molar-refractivity contribution in [2.75, 3.05) is 0 Å². The normalized spacial score (nSPS) is 16.2. The van der Waals surface area contributed by atoms with E-state index in [0.29, 0.717) is 5.92 Å². The SMILES string of the molecule is CC(C)=C1C=C(c2ccccc2)c2ccccc2C1c1ccccc1. The Bertz CT molecular complexity index is 940. The molecule has 1 atom stereocenters. The number of hydrogen-bond acceptors (Lipinski definition) is 0. The largest absolute Gasteiger partial charge is 0.0722 e. The summed E-state index contributed by atoms with van der Waals surface area (Å²) in [7, 11) is 0. The number of fused-ring (bicyclic) bond motifs is 1. The van der Waals surface area contributed by atoms with Gasteiger partial charge < -0.3 is 0 Å². The summed E-state index contributed by atoms with van der Waals surface area (Å²) in [5.74, 6) is 0.301. The summed E-state index contributed by atoms with van der Waals surface area (Å²) in [5.41, 5.74) is 9.47. The van der Waals surface area contributed by atoms with Gasteiger partial charge in [0.05, 0.1) is 0 Å². The molecule has 0 aromatic heterocycles. The number of hydrogen-bond donors (Lipinski definition) is 0. The second kappa shape index (κ2) is 6.57.